The zero-order valence-electron chi connectivity index (χ0n) is 8.13. The van der Waals surface area contributed by atoms with Gasteiger partial charge in [-0.15, -0.1) is 0 Å². The van der Waals surface area contributed by atoms with E-state index < -0.39 is 12.1 Å². The van der Waals surface area contributed by atoms with Crippen LogP contribution >= 0.6 is 0 Å². The van der Waals surface area contributed by atoms with Crippen LogP contribution in [0.3, 0.4) is 0 Å². The van der Waals surface area contributed by atoms with E-state index in [9.17, 15) is 4.79 Å². The van der Waals surface area contributed by atoms with Crippen LogP contribution in [0.2, 0.25) is 0 Å². The van der Waals surface area contributed by atoms with Gasteiger partial charge in [0.1, 0.15) is 6.34 Å². The maximum Gasteiger partial charge on any atom is 0.258 e. The third-order valence-corrected chi connectivity index (χ3v) is 2.11. The molecule has 1 unspecified atom stereocenters. The lowest BCUT2D eigenvalue weighted by molar-refractivity contribution is -0.120. The van der Waals surface area contributed by atoms with E-state index in [1.54, 1.807) is 11.3 Å². The number of carbonyl (C=O) groups excluding carboxylic acids is 1. The number of nitrogens with two attached hydrogens (primary N) is 1. The summed E-state index contributed by atoms with van der Waals surface area (Å²) < 4.78 is 0. The van der Waals surface area contributed by atoms with Gasteiger partial charge in [0.25, 0.3) is 5.91 Å². The molecule has 0 fully saturated rings. The average Bonchev–Trinajstić information content (AvgIpc) is 2.68. The lowest BCUT2D eigenvalue weighted by Gasteiger charge is -2.16. The van der Waals surface area contributed by atoms with Crippen LogP contribution in [0.25, 0.3) is 0 Å². The Morgan fingerprint density at radius 1 is 1.47 bits per heavy atom. The van der Waals surface area contributed by atoms with Crippen LogP contribution < -0.4 is 11.2 Å². The van der Waals surface area contributed by atoms with Crippen LogP contribution in [0.1, 0.15) is 5.56 Å². The van der Waals surface area contributed by atoms with Crippen molar-refractivity contribution >= 4 is 12.2 Å². The number of amides is 1. The van der Waals surface area contributed by atoms with Crippen LogP contribution in [-0.2, 0) is 11.3 Å². The molecule has 0 spiro atoms. The Kier molecular flexibility index (Phi) is 2.64. The second kappa shape index (κ2) is 4.10. The molecule has 1 aromatic rings. The lowest BCUT2D eigenvalue weighted by atomic mass is 10.2. The van der Waals surface area contributed by atoms with Crippen LogP contribution in [0.4, 0.5) is 0 Å². The summed E-state index contributed by atoms with van der Waals surface area (Å²) in [5.41, 5.74) is 9.13. The van der Waals surface area contributed by atoms with Crippen LogP contribution in [0.15, 0.2) is 35.3 Å². The minimum atomic E-state index is -0.631. The molecule has 0 saturated heterocycles. The number of benzene rings is 1. The van der Waals surface area contributed by atoms with Crippen molar-refractivity contribution in [3.63, 3.8) is 0 Å². The first-order chi connectivity index (χ1) is 7.25. The highest BCUT2D eigenvalue weighted by atomic mass is 16.1. The summed E-state index contributed by atoms with van der Waals surface area (Å²) in [6, 6.07) is 9.91. The Labute approximate surface area is 87.6 Å². The van der Waals surface area contributed by atoms with Gasteiger partial charge >= 0.3 is 0 Å². The van der Waals surface area contributed by atoms with Crippen molar-refractivity contribution in [2.75, 3.05) is 0 Å². The Hall–Kier alpha value is -1.88. The quantitative estimate of drug-likeness (QED) is 0.719. The number of hydrogen-bond acceptors (Lipinski definition) is 4. The molecule has 0 aromatic heterocycles. The van der Waals surface area contributed by atoms with Gasteiger partial charge in [0, 0.05) is 0 Å². The molecule has 1 atom stereocenters. The highest BCUT2D eigenvalue weighted by Gasteiger charge is 2.20. The summed E-state index contributed by atoms with van der Waals surface area (Å²) in [7, 11) is 0. The fraction of sp³-hybridized carbons (Fsp3) is 0.200. The Morgan fingerprint density at radius 3 is 2.80 bits per heavy atom. The zero-order valence-corrected chi connectivity index (χ0v) is 8.13. The standard InChI is InChI=1S/C10H12N4O/c11-9(15)10-12-7-14(13-10)6-8-4-2-1-3-5-8/h1-5,7,10,13H,6H2,(H2,11,15). The number of hydrogen-bond donors (Lipinski definition) is 2. The summed E-state index contributed by atoms with van der Waals surface area (Å²) in [6.07, 6.45) is 0.955. The first-order valence-corrected chi connectivity index (χ1v) is 4.65. The minimum absolute atomic E-state index is 0.471. The van der Waals surface area contributed by atoms with E-state index in [0.717, 1.165) is 5.56 Å². The molecular formula is C10H12N4O. The highest BCUT2D eigenvalue weighted by Crippen LogP contribution is 2.04. The third kappa shape index (κ3) is 2.32. The maximum atomic E-state index is 10.8. The van der Waals surface area contributed by atoms with Gasteiger partial charge in [-0.1, -0.05) is 30.3 Å². The summed E-state index contributed by atoms with van der Waals surface area (Å²) in [5, 5.41) is 1.74. The number of hydrazine groups is 1. The number of nitrogens with one attached hydrogen (secondary N) is 1. The zero-order chi connectivity index (χ0) is 10.7. The number of primary amides is 1. The number of nitrogens with zero attached hydrogens (tertiary/aromatic N) is 2. The summed E-state index contributed by atoms with van der Waals surface area (Å²) in [5.74, 6) is -0.471. The van der Waals surface area contributed by atoms with Crippen molar-refractivity contribution in [3.05, 3.63) is 35.9 Å². The van der Waals surface area contributed by atoms with Crippen molar-refractivity contribution in [2.45, 2.75) is 12.7 Å². The van der Waals surface area contributed by atoms with Gasteiger partial charge in [-0.2, -0.15) is 0 Å². The molecule has 0 bridgehead atoms. The first-order valence-electron chi connectivity index (χ1n) is 4.65. The van der Waals surface area contributed by atoms with Crippen LogP contribution in [0.5, 0.6) is 0 Å². The predicted molar refractivity (Wildman–Crippen MR) is 56.6 cm³/mol. The molecule has 1 aromatic carbocycles. The molecule has 5 nitrogen and oxygen atoms in total. The Bertz CT molecular complexity index is 376. The van der Waals surface area contributed by atoms with E-state index in [1.807, 2.05) is 30.3 Å². The molecule has 78 valence electrons. The SMILES string of the molecule is NC(=O)C1N=CN(Cc2ccccc2)N1. The van der Waals surface area contributed by atoms with Gasteiger partial charge in [0.2, 0.25) is 0 Å². The minimum Gasteiger partial charge on any atom is -0.367 e. The largest absolute Gasteiger partial charge is 0.367 e. The smallest absolute Gasteiger partial charge is 0.258 e. The van der Waals surface area contributed by atoms with Gasteiger partial charge < -0.3 is 5.73 Å². The topological polar surface area (TPSA) is 70.7 Å². The van der Waals surface area contributed by atoms with Gasteiger partial charge in [0.05, 0.1) is 6.54 Å². The fourth-order valence-electron chi connectivity index (χ4n) is 1.37. The summed E-state index contributed by atoms with van der Waals surface area (Å²) in [6.45, 7) is 0.661. The fourth-order valence-corrected chi connectivity index (χ4v) is 1.37. The van der Waals surface area contributed by atoms with E-state index >= 15 is 0 Å². The second-order valence-corrected chi connectivity index (χ2v) is 3.31. The second-order valence-electron chi connectivity index (χ2n) is 3.31. The van der Waals surface area contributed by atoms with Crippen molar-refractivity contribution < 1.29 is 4.79 Å². The van der Waals surface area contributed by atoms with Crippen LogP contribution in [0, 0.1) is 0 Å². The van der Waals surface area contributed by atoms with Gasteiger partial charge in [-0.25, -0.2) is 10.4 Å². The molecule has 1 aliphatic heterocycles. The monoisotopic (exact) mass is 204 g/mol. The summed E-state index contributed by atoms with van der Waals surface area (Å²) in [4.78, 5) is 14.7. The molecule has 1 aliphatic rings. The van der Waals surface area contributed by atoms with Crippen molar-refractivity contribution in [3.8, 4) is 0 Å². The molecule has 0 aliphatic carbocycles. The van der Waals surface area contributed by atoms with E-state index in [2.05, 4.69) is 10.4 Å². The van der Waals surface area contributed by atoms with E-state index in [4.69, 9.17) is 5.73 Å². The summed E-state index contributed by atoms with van der Waals surface area (Å²) >= 11 is 0. The molecule has 1 heterocycles. The number of carbonyl (C=O) groups is 1. The van der Waals surface area contributed by atoms with Gasteiger partial charge in [-0.3, -0.25) is 9.80 Å². The molecule has 1 amide bonds. The maximum absolute atomic E-state index is 10.8. The lowest BCUT2D eigenvalue weighted by Crippen LogP contribution is -2.43. The average molecular weight is 204 g/mol. The highest BCUT2D eigenvalue weighted by molar-refractivity contribution is 5.82. The molecule has 3 N–H and O–H groups in total. The predicted octanol–water partition coefficient (Wildman–Crippen LogP) is -0.154. The third-order valence-electron chi connectivity index (χ3n) is 2.11. The molecular weight excluding hydrogens is 192 g/mol. The van der Waals surface area contributed by atoms with Crippen molar-refractivity contribution in [1.29, 1.82) is 0 Å². The molecule has 0 saturated carbocycles. The van der Waals surface area contributed by atoms with Crippen molar-refractivity contribution in [1.82, 2.24) is 10.4 Å². The molecule has 0 radical (unpaired) electrons. The Morgan fingerprint density at radius 2 is 2.20 bits per heavy atom. The molecule has 5 heteroatoms. The first kappa shape index (κ1) is 9.67. The number of rotatable bonds is 3. The van der Waals surface area contributed by atoms with E-state index in [0.29, 0.717) is 6.54 Å². The molecule has 15 heavy (non-hydrogen) atoms. The van der Waals surface area contributed by atoms with Gasteiger partial charge in [0.15, 0.2) is 6.17 Å². The van der Waals surface area contributed by atoms with Crippen LogP contribution in [-0.4, -0.2) is 23.4 Å². The van der Waals surface area contributed by atoms with E-state index in [1.165, 1.54) is 0 Å². The normalized spacial score (nSPS) is 19.5. The van der Waals surface area contributed by atoms with Gasteiger partial charge in [-0.05, 0) is 5.56 Å². The Balaban J connectivity index is 1.94. The van der Waals surface area contributed by atoms with E-state index in [-0.39, 0.29) is 0 Å². The number of aliphatic imine (C=N–C) groups is 1. The molecule has 2 rings (SSSR count). The van der Waals surface area contributed by atoms with Crippen molar-refractivity contribution in [2.24, 2.45) is 10.7 Å².